The number of nitrogens with zero attached hydrogens (tertiary/aromatic N) is 1. The van der Waals surface area contributed by atoms with E-state index in [0.717, 1.165) is 39.0 Å². The van der Waals surface area contributed by atoms with Crippen LogP contribution in [0.15, 0.2) is 48.7 Å². The van der Waals surface area contributed by atoms with Gasteiger partial charge >= 0.3 is 0 Å². The number of pyridine rings is 1. The largest absolute Gasteiger partial charge is 0.483 e. The van der Waals surface area contributed by atoms with Gasteiger partial charge in [0.15, 0.2) is 6.61 Å². The van der Waals surface area contributed by atoms with Gasteiger partial charge in [-0.3, -0.25) is 9.78 Å². The lowest BCUT2D eigenvalue weighted by molar-refractivity contribution is -0.118. The third kappa shape index (κ3) is 3.23. The molecule has 1 N–H and O–H groups in total. The Morgan fingerprint density at radius 1 is 1.04 bits per heavy atom. The molecule has 1 aromatic heterocycles. The van der Waals surface area contributed by atoms with Crippen molar-refractivity contribution in [2.45, 2.75) is 20.8 Å². The summed E-state index contributed by atoms with van der Waals surface area (Å²) in [4.78, 5) is 16.6. The Morgan fingerprint density at radius 2 is 1.88 bits per heavy atom. The molecule has 3 aromatic rings. The fourth-order valence-corrected chi connectivity index (χ4v) is 2.63. The van der Waals surface area contributed by atoms with Gasteiger partial charge in [0.2, 0.25) is 0 Å². The van der Waals surface area contributed by atoms with E-state index >= 15 is 0 Å². The number of hydrogen-bond donors (Lipinski definition) is 1. The molecule has 0 saturated carbocycles. The van der Waals surface area contributed by atoms with Crippen LogP contribution in [0.3, 0.4) is 0 Å². The zero-order valence-corrected chi connectivity index (χ0v) is 14.1. The molecule has 3 rings (SSSR count). The summed E-state index contributed by atoms with van der Waals surface area (Å²) in [6, 6.07) is 13.5. The molecule has 0 radical (unpaired) electrons. The average Bonchev–Trinajstić information content (AvgIpc) is 2.59. The highest BCUT2D eigenvalue weighted by Gasteiger charge is 2.10. The van der Waals surface area contributed by atoms with Crippen molar-refractivity contribution in [3.8, 4) is 5.75 Å². The number of ether oxygens (including phenoxy) is 1. The zero-order chi connectivity index (χ0) is 17.1. The summed E-state index contributed by atoms with van der Waals surface area (Å²) in [6.07, 6.45) is 1.75. The smallest absolute Gasteiger partial charge is 0.262 e. The molecule has 0 aliphatic carbocycles. The molecular formula is C20H20N2O2. The number of carbonyl (C=O) groups is 1. The van der Waals surface area contributed by atoms with Crippen molar-refractivity contribution in [2.24, 2.45) is 0 Å². The molecule has 0 bridgehead atoms. The predicted molar refractivity (Wildman–Crippen MR) is 96.5 cm³/mol. The predicted octanol–water partition coefficient (Wildman–Crippen LogP) is 4.18. The number of aromatic nitrogens is 1. The van der Waals surface area contributed by atoms with Crippen LogP contribution in [0.5, 0.6) is 5.75 Å². The Balaban J connectivity index is 1.74. The number of hydrogen-bond acceptors (Lipinski definition) is 3. The molecular weight excluding hydrogens is 300 g/mol. The summed E-state index contributed by atoms with van der Waals surface area (Å²) in [6.45, 7) is 5.99. The van der Waals surface area contributed by atoms with E-state index in [9.17, 15) is 4.79 Å². The summed E-state index contributed by atoms with van der Waals surface area (Å²) in [7, 11) is 0. The van der Waals surface area contributed by atoms with E-state index in [1.807, 2.05) is 63.2 Å². The van der Waals surface area contributed by atoms with Crippen LogP contribution in [0, 0.1) is 20.8 Å². The second-order valence-electron chi connectivity index (χ2n) is 5.86. The van der Waals surface area contributed by atoms with Gasteiger partial charge in [0.25, 0.3) is 5.91 Å². The van der Waals surface area contributed by atoms with Crippen LogP contribution >= 0.6 is 0 Å². The minimum atomic E-state index is -0.190. The maximum absolute atomic E-state index is 12.3. The number of anilines is 1. The van der Waals surface area contributed by atoms with Crippen molar-refractivity contribution in [1.29, 1.82) is 0 Å². The molecule has 0 aliphatic heterocycles. The molecule has 0 fully saturated rings. The maximum atomic E-state index is 12.3. The van der Waals surface area contributed by atoms with Gasteiger partial charge in [0.1, 0.15) is 5.75 Å². The first-order valence-electron chi connectivity index (χ1n) is 7.89. The van der Waals surface area contributed by atoms with Gasteiger partial charge in [-0.05, 0) is 61.7 Å². The van der Waals surface area contributed by atoms with E-state index in [-0.39, 0.29) is 12.5 Å². The Labute approximate surface area is 141 Å². The number of amides is 1. The molecule has 0 saturated heterocycles. The molecule has 4 nitrogen and oxygen atoms in total. The second kappa shape index (κ2) is 6.71. The maximum Gasteiger partial charge on any atom is 0.262 e. The average molecular weight is 320 g/mol. The van der Waals surface area contributed by atoms with E-state index in [4.69, 9.17) is 4.74 Å². The van der Waals surface area contributed by atoms with Crippen LogP contribution < -0.4 is 10.1 Å². The van der Waals surface area contributed by atoms with Crippen LogP contribution in [0.4, 0.5) is 5.69 Å². The quantitative estimate of drug-likeness (QED) is 0.784. The minimum absolute atomic E-state index is 0.0279. The number of rotatable bonds is 4. The van der Waals surface area contributed by atoms with E-state index in [1.165, 1.54) is 0 Å². The molecule has 1 heterocycles. The topological polar surface area (TPSA) is 51.2 Å². The van der Waals surface area contributed by atoms with Gasteiger partial charge < -0.3 is 10.1 Å². The van der Waals surface area contributed by atoms with E-state index in [0.29, 0.717) is 0 Å². The van der Waals surface area contributed by atoms with Crippen molar-refractivity contribution in [1.82, 2.24) is 4.98 Å². The molecule has 24 heavy (non-hydrogen) atoms. The van der Waals surface area contributed by atoms with Crippen LogP contribution in [-0.4, -0.2) is 17.5 Å². The van der Waals surface area contributed by atoms with Crippen molar-refractivity contribution < 1.29 is 9.53 Å². The molecule has 0 aliphatic rings. The SMILES string of the molecule is Cc1cccc(OCC(=O)Nc2ccc(C)c3ncccc23)c1C. The van der Waals surface area contributed by atoms with Crippen LogP contribution in [0.25, 0.3) is 10.9 Å². The lowest BCUT2D eigenvalue weighted by Gasteiger charge is -2.12. The molecule has 1 amide bonds. The number of benzene rings is 2. The van der Waals surface area contributed by atoms with E-state index in [1.54, 1.807) is 6.20 Å². The Bertz CT molecular complexity index is 903. The van der Waals surface area contributed by atoms with Gasteiger partial charge in [-0.1, -0.05) is 18.2 Å². The summed E-state index contributed by atoms with van der Waals surface area (Å²) in [5.41, 5.74) is 4.91. The van der Waals surface area contributed by atoms with Crippen LogP contribution in [0.2, 0.25) is 0 Å². The summed E-state index contributed by atoms with van der Waals surface area (Å²) < 4.78 is 5.66. The molecule has 0 spiro atoms. The van der Waals surface area contributed by atoms with E-state index < -0.39 is 0 Å². The summed E-state index contributed by atoms with van der Waals surface area (Å²) in [5.74, 6) is 0.547. The third-order valence-corrected chi connectivity index (χ3v) is 4.16. The fraction of sp³-hybridized carbons (Fsp3) is 0.200. The molecule has 0 atom stereocenters. The number of nitrogens with one attached hydrogen (secondary N) is 1. The van der Waals surface area contributed by atoms with Crippen molar-refractivity contribution >= 4 is 22.5 Å². The van der Waals surface area contributed by atoms with Gasteiger partial charge in [0.05, 0.1) is 11.2 Å². The standard InChI is InChI=1S/C20H20N2O2/c1-13-6-4-8-18(15(13)3)24-12-19(23)22-17-10-9-14(2)20-16(17)7-5-11-21-20/h4-11H,12H2,1-3H3,(H,22,23). The van der Waals surface area contributed by atoms with Gasteiger partial charge in [-0.25, -0.2) is 0 Å². The molecule has 0 unspecified atom stereocenters. The zero-order valence-electron chi connectivity index (χ0n) is 14.1. The first-order valence-corrected chi connectivity index (χ1v) is 7.89. The highest BCUT2D eigenvalue weighted by atomic mass is 16.5. The first-order chi connectivity index (χ1) is 11.6. The highest BCUT2D eigenvalue weighted by Crippen LogP contribution is 2.25. The lowest BCUT2D eigenvalue weighted by Crippen LogP contribution is -2.20. The van der Waals surface area contributed by atoms with Gasteiger partial charge in [0, 0.05) is 11.6 Å². The van der Waals surface area contributed by atoms with E-state index in [2.05, 4.69) is 10.3 Å². The molecule has 122 valence electrons. The number of fused-ring (bicyclic) bond motifs is 1. The van der Waals surface area contributed by atoms with Crippen LogP contribution in [-0.2, 0) is 4.79 Å². The van der Waals surface area contributed by atoms with Gasteiger partial charge in [-0.15, -0.1) is 0 Å². The Hall–Kier alpha value is -2.88. The highest BCUT2D eigenvalue weighted by molar-refractivity contribution is 6.02. The molecule has 2 aromatic carbocycles. The normalized spacial score (nSPS) is 10.6. The monoisotopic (exact) mass is 320 g/mol. The third-order valence-electron chi connectivity index (χ3n) is 4.16. The van der Waals surface area contributed by atoms with Gasteiger partial charge in [-0.2, -0.15) is 0 Å². The second-order valence-corrected chi connectivity index (χ2v) is 5.86. The fourth-order valence-electron chi connectivity index (χ4n) is 2.63. The summed E-state index contributed by atoms with van der Waals surface area (Å²) >= 11 is 0. The van der Waals surface area contributed by atoms with Crippen LogP contribution in [0.1, 0.15) is 16.7 Å². The Kier molecular flexibility index (Phi) is 4.47. The number of carbonyl (C=O) groups excluding carboxylic acids is 1. The van der Waals surface area contributed by atoms with Crippen molar-refractivity contribution in [3.63, 3.8) is 0 Å². The summed E-state index contributed by atoms with van der Waals surface area (Å²) in [5, 5.41) is 3.84. The lowest BCUT2D eigenvalue weighted by atomic mass is 10.1. The number of aryl methyl sites for hydroxylation is 2. The first kappa shape index (κ1) is 16.0. The molecule has 4 heteroatoms. The minimum Gasteiger partial charge on any atom is -0.483 e. The Morgan fingerprint density at radius 3 is 2.71 bits per heavy atom. The van der Waals surface area contributed by atoms with Crippen molar-refractivity contribution in [3.05, 3.63) is 65.4 Å². The van der Waals surface area contributed by atoms with Crippen molar-refractivity contribution in [2.75, 3.05) is 11.9 Å².